The lowest BCUT2D eigenvalue weighted by molar-refractivity contribution is -0.169. The van der Waals surface area contributed by atoms with Crippen molar-refractivity contribution in [2.24, 2.45) is 7.05 Å². The van der Waals surface area contributed by atoms with Crippen molar-refractivity contribution < 1.29 is 9.84 Å². The van der Waals surface area contributed by atoms with Gasteiger partial charge in [-0.15, -0.1) is 0 Å². The van der Waals surface area contributed by atoms with E-state index in [0.717, 1.165) is 38.9 Å². The zero-order valence-electron chi connectivity index (χ0n) is 16.7. The summed E-state index contributed by atoms with van der Waals surface area (Å²) in [5.41, 5.74) is 2.54. The van der Waals surface area contributed by atoms with Crippen LogP contribution in [0, 0.1) is 0 Å². The number of nitrogens with one attached hydrogen (secondary N) is 1. The molecule has 2 aliphatic rings. The molecule has 1 aliphatic carbocycles. The van der Waals surface area contributed by atoms with Gasteiger partial charge in [0.15, 0.2) is 5.82 Å². The minimum Gasteiger partial charge on any atom is -0.388 e. The Bertz CT molecular complexity index is 787. The summed E-state index contributed by atoms with van der Waals surface area (Å²) in [5, 5.41) is 16.6. The largest absolute Gasteiger partial charge is 0.388 e. The SMILES string of the molecule is Cn1nc(CO)nc1NCCCOC1(N2CCCCC2)CCc2ccccc21. The minimum absolute atomic E-state index is 0.142. The molecule has 1 saturated heterocycles. The maximum Gasteiger partial charge on any atom is 0.221 e. The molecular weight excluding hydrogens is 354 g/mol. The van der Waals surface area contributed by atoms with Gasteiger partial charge in [-0.05, 0) is 37.7 Å². The van der Waals surface area contributed by atoms with Crippen LogP contribution in [0.3, 0.4) is 0 Å². The first-order chi connectivity index (χ1) is 13.7. The van der Waals surface area contributed by atoms with Gasteiger partial charge in [-0.2, -0.15) is 10.1 Å². The fraction of sp³-hybridized carbons (Fsp3) is 0.619. The Morgan fingerprint density at radius 2 is 2.04 bits per heavy atom. The van der Waals surface area contributed by atoms with Gasteiger partial charge in [-0.25, -0.2) is 4.68 Å². The first-order valence-electron chi connectivity index (χ1n) is 10.4. The van der Waals surface area contributed by atoms with Crippen molar-refractivity contribution in [3.63, 3.8) is 0 Å². The topological polar surface area (TPSA) is 75.4 Å². The second-order valence-corrected chi connectivity index (χ2v) is 7.75. The van der Waals surface area contributed by atoms with Gasteiger partial charge < -0.3 is 15.2 Å². The lowest BCUT2D eigenvalue weighted by atomic mass is 9.99. The van der Waals surface area contributed by atoms with Crippen molar-refractivity contribution in [1.29, 1.82) is 0 Å². The molecule has 28 heavy (non-hydrogen) atoms. The minimum atomic E-state index is -0.258. The molecule has 0 spiro atoms. The van der Waals surface area contributed by atoms with Crippen LogP contribution in [0.1, 0.15) is 49.1 Å². The standard InChI is InChI=1S/C21H31N5O2/c1-25-20(23-19(16-27)24-25)22-12-7-15-28-21(26-13-5-2-6-14-26)11-10-17-8-3-4-9-18(17)21/h3-4,8-9,27H,2,5-7,10-16H2,1H3,(H,22,23,24). The van der Waals surface area contributed by atoms with Gasteiger partial charge in [0.05, 0.1) is 6.61 Å². The van der Waals surface area contributed by atoms with Crippen LogP contribution in [0.15, 0.2) is 24.3 Å². The molecule has 7 nitrogen and oxygen atoms in total. The molecule has 7 heteroatoms. The fourth-order valence-electron chi connectivity index (χ4n) is 4.55. The highest BCUT2D eigenvalue weighted by Crippen LogP contribution is 2.43. The van der Waals surface area contributed by atoms with Gasteiger partial charge in [0.2, 0.25) is 5.95 Å². The number of hydrogen-bond acceptors (Lipinski definition) is 6. The van der Waals surface area contributed by atoms with E-state index in [2.05, 4.69) is 44.6 Å². The highest BCUT2D eigenvalue weighted by molar-refractivity contribution is 5.37. The first kappa shape index (κ1) is 19.4. The predicted molar refractivity (Wildman–Crippen MR) is 108 cm³/mol. The molecule has 4 rings (SSSR count). The van der Waals surface area contributed by atoms with Gasteiger partial charge in [0, 0.05) is 32.2 Å². The number of anilines is 1. The van der Waals surface area contributed by atoms with Crippen molar-refractivity contribution in [2.45, 2.75) is 50.9 Å². The third-order valence-electron chi connectivity index (χ3n) is 5.93. The van der Waals surface area contributed by atoms with E-state index >= 15 is 0 Å². The number of ether oxygens (including phenoxy) is 1. The molecule has 152 valence electrons. The van der Waals surface area contributed by atoms with Crippen molar-refractivity contribution in [1.82, 2.24) is 19.7 Å². The van der Waals surface area contributed by atoms with E-state index in [-0.39, 0.29) is 12.3 Å². The average Bonchev–Trinajstić information content (AvgIpc) is 3.30. The number of aliphatic hydroxyl groups excluding tert-OH is 1. The van der Waals surface area contributed by atoms with Crippen molar-refractivity contribution in [2.75, 3.05) is 31.6 Å². The molecular formula is C21H31N5O2. The van der Waals surface area contributed by atoms with Crippen LogP contribution in [0.4, 0.5) is 5.95 Å². The normalized spacial score (nSPS) is 22.4. The van der Waals surface area contributed by atoms with Crippen LogP contribution < -0.4 is 5.32 Å². The summed E-state index contributed by atoms with van der Waals surface area (Å²) in [5.74, 6) is 1.12. The van der Waals surface area contributed by atoms with Gasteiger partial charge in [-0.1, -0.05) is 30.7 Å². The highest BCUT2D eigenvalue weighted by atomic mass is 16.5. The molecule has 1 aromatic heterocycles. The van der Waals surface area contributed by atoms with Crippen molar-refractivity contribution in [3.05, 3.63) is 41.2 Å². The van der Waals surface area contributed by atoms with Gasteiger partial charge in [0.25, 0.3) is 0 Å². The molecule has 1 atom stereocenters. The second-order valence-electron chi connectivity index (χ2n) is 7.75. The Kier molecular flexibility index (Phi) is 5.94. The molecule has 2 heterocycles. The molecule has 0 amide bonds. The number of rotatable bonds is 8. The van der Waals surface area contributed by atoms with Gasteiger partial charge >= 0.3 is 0 Å². The van der Waals surface area contributed by atoms with E-state index in [1.807, 2.05) is 7.05 Å². The van der Waals surface area contributed by atoms with E-state index in [9.17, 15) is 0 Å². The molecule has 2 N–H and O–H groups in total. The van der Waals surface area contributed by atoms with Crippen molar-refractivity contribution >= 4 is 5.95 Å². The molecule has 0 radical (unpaired) electrons. The zero-order valence-corrected chi connectivity index (χ0v) is 16.7. The van der Waals surface area contributed by atoms with Crippen LogP contribution in [0.2, 0.25) is 0 Å². The smallest absolute Gasteiger partial charge is 0.221 e. The molecule has 1 aromatic carbocycles. The fourth-order valence-corrected chi connectivity index (χ4v) is 4.55. The summed E-state index contributed by atoms with van der Waals surface area (Å²) >= 11 is 0. The Morgan fingerprint density at radius 3 is 2.82 bits per heavy atom. The maximum atomic E-state index is 9.15. The van der Waals surface area contributed by atoms with E-state index in [4.69, 9.17) is 9.84 Å². The molecule has 1 fully saturated rings. The van der Waals surface area contributed by atoms with E-state index in [1.54, 1.807) is 4.68 Å². The number of aliphatic hydroxyl groups is 1. The van der Waals surface area contributed by atoms with Gasteiger partial charge in [0.1, 0.15) is 12.3 Å². The Morgan fingerprint density at radius 1 is 1.21 bits per heavy atom. The number of hydrogen-bond donors (Lipinski definition) is 2. The quantitative estimate of drug-likeness (QED) is 0.680. The molecule has 0 saturated carbocycles. The summed E-state index contributed by atoms with van der Waals surface area (Å²) in [6.07, 6.45) is 6.86. The highest BCUT2D eigenvalue weighted by Gasteiger charge is 2.44. The summed E-state index contributed by atoms with van der Waals surface area (Å²) < 4.78 is 8.32. The van der Waals surface area contributed by atoms with Crippen LogP contribution in [-0.4, -0.2) is 51.0 Å². The summed E-state index contributed by atoms with van der Waals surface area (Å²) in [6.45, 7) is 3.55. The Balaban J connectivity index is 1.38. The summed E-state index contributed by atoms with van der Waals surface area (Å²) in [7, 11) is 1.83. The van der Waals surface area contributed by atoms with E-state index < -0.39 is 0 Å². The van der Waals surface area contributed by atoms with E-state index in [0.29, 0.717) is 18.4 Å². The lowest BCUT2D eigenvalue weighted by Gasteiger charge is -2.44. The van der Waals surface area contributed by atoms with Crippen molar-refractivity contribution in [3.8, 4) is 0 Å². The number of fused-ring (bicyclic) bond motifs is 1. The number of piperidine rings is 1. The number of nitrogens with zero attached hydrogens (tertiary/aromatic N) is 4. The van der Waals surface area contributed by atoms with Gasteiger partial charge in [-0.3, -0.25) is 4.90 Å². The zero-order chi connectivity index (χ0) is 19.4. The molecule has 0 bridgehead atoms. The van der Waals surface area contributed by atoms with Crippen LogP contribution >= 0.6 is 0 Å². The number of aryl methyl sites for hydroxylation is 2. The monoisotopic (exact) mass is 385 g/mol. The Labute approximate surface area is 166 Å². The number of aromatic nitrogens is 3. The average molecular weight is 386 g/mol. The first-order valence-corrected chi connectivity index (χ1v) is 10.4. The second kappa shape index (κ2) is 8.59. The number of benzene rings is 1. The molecule has 1 aliphatic heterocycles. The maximum absolute atomic E-state index is 9.15. The summed E-state index contributed by atoms with van der Waals surface area (Å²) in [4.78, 5) is 6.84. The third kappa shape index (κ3) is 3.79. The van der Waals surface area contributed by atoms with Crippen LogP contribution in [0.25, 0.3) is 0 Å². The van der Waals surface area contributed by atoms with Crippen LogP contribution in [0.5, 0.6) is 0 Å². The van der Waals surface area contributed by atoms with E-state index in [1.165, 1.54) is 30.4 Å². The molecule has 2 aromatic rings. The lowest BCUT2D eigenvalue weighted by Crippen LogP contribution is -2.49. The molecule has 1 unspecified atom stereocenters. The summed E-state index contributed by atoms with van der Waals surface area (Å²) in [6, 6.07) is 8.78. The number of likely N-dealkylation sites (tertiary alicyclic amines) is 1. The predicted octanol–water partition coefficient (Wildman–Crippen LogP) is 2.41. The third-order valence-corrected chi connectivity index (χ3v) is 5.93. The Hall–Kier alpha value is -1.96. The van der Waals surface area contributed by atoms with Crippen LogP contribution in [-0.2, 0) is 30.5 Å².